The second-order valence-corrected chi connectivity index (χ2v) is 9.46. The lowest BCUT2D eigenvalue weighted by Crippen LogP contribution is -2.55. The zero-order chi connectivity index (χ0) is 20.1. The van der Waals surface area contributed by atoms with Gasteiger partial charge in [-0.1, -0.05) is 6.07 Å². The molecule has 0 radical (unpaired) electrons. The van der Waals surface area contributed by atoms with E-state index in [9.17, 15) is 13.2 Å². The van der Waals surface area contributed by atoms with E-state index in [1.54, 1.807) is 14.0 Å². The van der Waals surface area contributed by atoms with Crippen molar-refractivity contribution in [1.29, 1.82) is 0 Å². The third-order valence-corrected chi connectivity index (χ3v) is 7.41. The van der Waals surface area contributed by atoms with E-state index >= 15 is 0 Å². The largest absolute Gasteiger partial charge is 0.497 e. The summed E-state index contributed by atoms with van der Waals surface area (Å²) < 4.78 is 30.7. The van der Waals surface area contributed by atoms with Crippen molar-refractivity contribution in [2.45, 2.75) is 25.8 Å². The number of ether oxygens (including phenoxy) is 1. The number of sulfonamides is 1. The lowest BCUT2D eigenvalue weighted by Gasteiger charge is -2.38. The normalized spacial score (nSPS) is 19.5. The Balaban J connectivity index is 1.46. The Labute approximate surface area is 167 Å². The van der Waals surface area contributed by atoms with Crippen molar-refractivity contribution in [3.8, 4) is 5.75 Å². The molecule has 8 nitrogen and oxygen atoms in total. The van der Waals surface area contributed by atoms with Gasteiger partial charge < -0.3 is 19.9 Å². The fourth-order valence-corrected chi connectivity index (χ4v) is 4.83. The molecule has 2 fully saturated rings. The zero-order valence-electron chi connectivity index (χ0n) is 16.6. The predicted octanol–water partition coefficient (Wildman–Crippen LogP) is 1.34. The number of piperazine rings is 1. The minimum atomic E-state index is -3.14. The van der Waals surface area contributed by atoms with Crippen molar-refractivity contribution in [3.63, 3.8) is 0 Å². The molecule has 1 aromatic rings. The molecule has 0 aliphatic carbocycles. The van der Waals surface area contributed by atoms with Gasteiger partial charge in [-0.05, 0) is 31.9 Å². The van der Waals surface area contributed by atoms with Crippen LogP contribution in [-0.4, -0.2) is 81.8 Å². The number of benzene rings is 1. The monoisotopic (exact) mass is 410 g/mol. The number of rotatable bonds is 5. The quantitative estimate of drug-likeness (QED) is 0.792. The van der Waals surface area contributed by atoms with Gasteiger partial charge in [0.25, 0.3) is 0 Å². The maximum Gasteiger partial charge on any atom is 0.317 e. The summed E-state index contributed by atoms with van der Waals surface area (Å²) in [6, 6.07) is 7.93. The Kier molecular flexibility index (Phi) is 6.66. The van der Waals surface area contributed by atoms with Crippen LogP contribution in [0.3, 0.4) is 0 Å². The molecule has 2 amide bonds. The summed E-state index contributed by atoms with van der Waals surface area (Å²) in [6.45, 7) is 5.48. The first-order chi connectivity index (χ1) is 13.4. The van der Waals surface area contributed by atoms with Crippen molar-refractivity contribution in [1.82, 2.24) is 14.5 Å². The minimum absolute atomic E-state index is 0.0345. The molecule has 2 aliphatic rings. The molecule has 0 aromatic heterocycles. The number of anilines is 1. The second-order valence-electron chi connectivity index (χ2n) is 7.20. The van der Waals surface area contributed by atoms with Crippen LogP contribution in [0.2, 0.25) is 0 Å². The molecule has 0 bridgehead atoms. The molecular weight excluding hydrogens is 380 g/mol. The fourth-order valence-electron chi connectivity index (χ4n) is 3.70. The Hall–Kier alpha value is -2.00. The molecule has 0 atom stereocenters. The molecule has 1 N–H and O–H groups in total. The van der Waals surface area contributed by atoms with Crippen LogP contribution in [0.5, 0.6) is 5.75 Å². The highest BCUT2D eigenvalue weighted by Gasteiger charge is 2.29. The van der Waals surface area contributed by atoms with Crippen LogP contribution in [-0.2, 0) is 10.0 Å². The highest BCUT2D eigenvalue weighted by atomic mass is 32.2. The number of piperidine rings is 1. The van der Waals surface area contributed by atoms with E-state index in [1.165, 1.54) is 4.31 Å². The van der Waals surface area contributed by atoms with Gasteiger partial charge in [0.2, 0.25) is 10.0 Å². The van der Waals surface area contributed by atoms with Gasteiger partial charge in [-0.2, -0.15) is 0 Å². The first-order valence-electron chi connectivity index (χ1n) is 9.85. The first kappa shape index (κ1) is 20.7. The number of amides is 2. The number of hydrogen-bond donors (Lipinski definition) is 1. The number of nitrogens with zero attached hydrogens (tertiary/aromatic N) is 3. The number of carbonyl (C=O) groups excluding carboxylic acids is 1. The predicted molar refractivity (Wildman–Crippen MR) is 109 cm³/mol. The lowest BCUT2D eigenvalue weighted by atomic mass is 10.1. The first-order valence-corrected chi connectivity index (χ1v) is 11.5. The summed E-state index contributed by atoms with van der Waals surface area (Å²) in [6.07, 6.45) is 1.32. The number of nitrogens with one attached hydrogen (secondary N) is 1. The van der Waals surface area contributed by atoms with Crippen LogP contribution in [0.4, 0.5) is 10.5 Å². The Morgan fingerprint density at radius 1 is 1.14 bits per heavy atom. The highest BCUT2D eigenvalue weighted by molar-refractivity contribution is 7.89. The van der Waals surface area contributed by atoms with E-state index in [0.717, 1.165) is 24.5 Å². The smallest absolute Gasteiger partial charge is 0.317 e. The van der Waals surface area contributed by atoms with Crippen LogP contribution in [0.1, 0.15) is 19.8 Å². The van der Waals surface area contributed by atoms with Crippen LogP contribution in [0.25, 0.3) is 0 Å². The number of methoxy groups -OCH3 is 1. The fraction of sp³-hybridized carbons (Fsp3) is 0.632. The summed E-state index contributed by atoms with van der Waals surface area (Å²) in [7, 11) is -1.48. The van der Waals surface area contributed by atoms with Gasteiger partial charge in [-0.25, -0.2) is 17.5 Å². The third kappa shape index (κ3) is 4.88. The standard InChI is InChI=1S/C19H30N4O4S/c1-3-28(25,26)23-9-7-16(8-10-23)20-19(24)22-13-11-21(12-14-22)17-5-4-6-18(15-17)27-2/h4-6,15-16H,3,7-14H2,1-2H3,(H,20,24). The van der Waals surface area contributed by atoms with Crippen molar-refractivity contribution in [2.75, 3.05) is 57.0 Å². The summed E-state index contributed by atoms with van der Waals surface area (Å²) in [5, 5.41) is 3.08. The molecule has 1 aromatic carbocycles. The van der Waals surface area contributed by atoms with Gasteiger partial charge in [0.05, 0.1) is 12.9 Å². The zero-order valence-corrected chi connectivity index (χ0v) is 17.5. The van der Waals surface area contributed by atoms with E-state index < -0.39 is 10.0 Å². The van der Waals surface area contributed by atoms with Crippen LogP contribution in [0.15, 0.2) is 24.3 Å². The van der Waals surface area contributed by atoms with Gasteiger partial charge >= 0.3 is 6.03 Å². The molecule has 9 heteroatoms. The van der Waals surface area contributed by atoms with E-state index in [0.29, 0.717) is 39.0 Å². The summed E-state index contributed by atoms with van der Waals surface area (Å²) in [4.78, 5) is 16.7. The molecular formula is C19H30N4O4S. The lowest BCUT2D eigenvalue weighted by molar-refractivity contribution is 0.184. The Bertz CT molecular complexity index is 770. The van der Waals surface area contributed by atoms with E-state index in [2.05, 4.69) is 16.3 Å². The summed E-state index contributed by atoms with van der Waals surface area (Å²) in [5.41, 5.74) is 1.10. The molecule has 0 saturated carbocycles. The molecule has 0 spiro atoms. The average molecular weight is 411 g/mol. The number of urea groups is 1. The maximum atomic E-state index is 12.6. The number of carbonyl (C=O) groups is 1. The van der Waals surface area contributed by atoms with Crippen molar-refractivity contribution < 1.29 is 17.9 Å². The molecule has 0 unspecified atom stereocenters. The summed E-state index contributed by atoms with van der Waals surface area (Å²) >= 11 is 0. The molecule has 3 rings (SSSR count). The third-order valence-electron chi connectivity index (χ3n) is 5.53. The topological polar surface area (TPSA) is 82.2 Å². The van der Waals surface area contributed by atoms with Gasteiger partial charge in [0, 0.05) is 57.1 Å². The van der Waals surface area contributed by atoms with Gasteiger partial charge in [0.15, 0.2) is 0 Å². The van der Waals surface area contributed by atoms with Crippen LogP contribution < -0.4 is 15.0 Å². The van der Waals surface area contributed by atoms with E-state index in [4.69, 9.17) is 4.74 Å². The van der Waals surface area contributed by atoms with Crippen molar-refractivity contribution in [2.24, 2.45) is 0 Å². The second kappa shape index (κ2) is 9.00. The van der Waals surface area contributed by atoms with E-state index in [-0.39, 0.29) is 17.8 Å². The van der Waals surface area contributed by atoms with Gasteiger partial charge in [-0.3, -0.25) is 0 Å². The molecule has 28 heavy (non-hydrogen) atoms. The molecule has 2 aliphatic heterocycles. The minimum Gasteiger partial charge on any atom is -0.497 e. The SMILES string of the molecule is CCS(=O)(=O)N1CCC(NC(=O)N2CCN(c3cccc(OC)c3)CC2)CC1. The van der Waals surface area contributed by atoms with Gasteiger partial charge in [0.1, 0.15) is 5.75 Å². The van der Waals surface area contributed by atoms with E-state index in [1.807, 2.05) is 23.1 Å². The Morgan fingerprint density at radius 3 is 2.43 bits per heavy atom. The van der Waals surface area contributed by atoms with Crippen LogP contribution >= 0.6 is 0 Å². The van der Waals surface area contributed by atoms with Crippen LogP contribution in [0, 0.1) is 0 Å². The maximum absolute atomic E-state index is 12.6. The summed E-state index contributed by atoms with van der Waals surface area (Å²) in [5.74, 6) is 0.954. The van der Waals surface area contributed by atoms with Gasteiger partial charge in [-0.15, -0.1) is 0 Å². The molecule has 2 saturated heterocycles. The molecule has 2 heterocycles. The number of hydrogen-bond acceptors (Lipinski definition) is 5. The van der Waals surface area contributed by atoms with Crippen molar-refractivity contribution >= 4 is 21.7 Å². The Morgan fingerprint density at radius 2 is 1.82 bits per heavy atom. The average Bonchev–Trinajstić information content (AvgIpc) is 2.74. The highest BCUT2D eigenvalue weighted by Crippen LogP contribution is 2.22. The van der Waals surface area contributed by atoms with Crippen molar-refractivity contribution in [3.05, 3.63) is 24.3 Å². The molecule has 156 valence electrons.